The van der Waals surface area contributed by atoms with Crippen molar-refractivity contribution in [2.45, 2.75) is 19.0 Å². The van der Waals surface area contributed by atoms with Gasteiger partial charge >= 0.3 is 6.18 Å². The van der Waals surface area contributed by atoms with Crippen LogP contribution in [0.2, 0.25) is 5.02 Å². The number of ether oxygens (including phenoxy) is 1. The van der Waals surface area contributed by atoms with Gasteiger partial charge in [-0.25, -0.2) is 4.98 Å². The Morgan fingerprint density at radius 2 is 2.00 bits per heavy atom. The first-order valence-electron chi connectivity index (χ1n) is 8.71. The van der Waals surface area contributed by atoms with E-state index in [0.717, 1.165) is 6.07 Å². The third kappa shape index (κ3) is 4.49. The molecule has 0 spiro atoms. The van der Waals surface area contributed by atoms with Crippen molar-refractivity contribution in [1.29, 1.82) is 0 Å². The van der Waals surface area contributed by atoms with E-state index in [-0.39, 0.29) is 17.6 Å². The predicted molar refractivity (Wildman–Crippen MR) is 101 cm³/mol. The molecule has 5 nitrogen and oxygen atoms in total. The van der Waals surface area contributed by atoms with Gasteiger partial charge < -0.3 is 15.0 Å². The first-order valence-corrected chi connectivity index (χ1v) is 9.09. The van der Waals surface area contributed by atoms with Gasteiger partial charge in [-0.15, -0.1) is 0 Å². The molecular formula is C19H19ClF3N3O2. The molecular weight excluding hydrogens is 395 g/mol. The van der Waals surface area contributed by atoms with Gasteiger partial charge in [-0.2, -0.15) is 13.2 Å². The van der Waals surface area contributed by atoms with Crippen LogP contribution in [-0.2, 0) is 11.0 Å². The summed E-state index contributed by atoms with van der Waals surface area (Å²) in [6, 6.07) is 7.22. The number of benzene rings is 1. The molecule has 28 heavy (non-hydrogen) atoms. The van der Waals surface area contributed by atoms with E-state index in [9.17, 15) is 18.0 Å². The topological polar surface area (TPSA) is 54.5 Å². The molecule has 1 amide bonds. The number of rotatable bonds is 4. The lowest BCUT2D eigenvalue weighted by Gasteiger charge is -2.33. The second kappa shape index (κ2) is 8.26. The van der Waals surface area contributed by atoms with Crippen molar-refractivity contribution in [3.05, 3.63) is 47.1 Å². The predicted octanol–water partition coefficient (Wildman–Crippen LogP) is 4.62. The molecule has 0 atom stereocenters. The van der Waals surface area contributed by atoms with E-state index < -0.39 is 11.7 Å². The van der Waals surface area contributed by atoms with Crippen molar-refractivity contribution in [2.24, 2.45) is 5.92 Å². The largest absolute Gasteiger partial charge is 0.495 e. The molecule has 0 bridgehead atoms. The van der Waals surface area contributed by atoms with Crippen LogP contribution in [0.1, 0.15) is 18.4 Å². The Hall–Kier alpha value is -2.48. The van der Waals surface area contributed by atoms with Gasteiger partial charge in [-0.1, -0.05) is 11.6 Å². The first-order chi connectivity index (χ1) is 13.3. The Morgan fingerprint density at radius 1 is 1.29 bits per heavy atom. The van der Waals surface area contributed by atoms with Crippen molar-refractivity contribution in [3.8, 4) is 5.75 Å². The Bertz CT molecular complexity index is 853. The molecule has 2 heterocycles. The molecule has 9 heteroatoms. The van der Waals surface area contributed by atoms with E-state index in [2.05, 4.69) is 10.3 Å². The summed E-state index contributed by atoms with van der Waals surface area (Å²) in [6.07, 6.45) is -2.25. The molecule has 1 aliphatic heterocycles. The van der Waals surface area contributed by atoms with Crippen molar-refractivity contribution >= 4 is 29.0 Å². The number of nitrogens with one attached hydrogen (secondary N) is 1. The van der Waals surface area contributed by atoms with Gasteiger partial charge in [0.2, 0.25) is 5.91 Å². The monoisotopic (exact) mass is 413 g/mol. The van der Waals surface area contributed by atoms with Crippen LogP contribution >= 0.6 is 11.6 Å². The van der Waals surface area contributed by atoms with Gasteiger partial charge in [0.15, 0.2) is 0 Å². The van der Waals surface area contributed by atoms with Gasteiger partial charge in [0.25, 0.3) is 0 Å². The number of piperidine rings is 1. The highest BCUT2D eigenvalue weighted by atomic mass is 35.5. The number of pyridine rings is 1. The highest BCUT2D eigenvalue weighted by Gasteiger charge is 2.36. The minimum absolute atomic E-state index is 0.0872. The zero-order valence-electron chi connectivity index (χ0n) is 15.1. The molecule has 1 aromatic heterocycles. The number of amides is 1. The first kappa shape index (κ1) is 20.3. The third-order valence-electron chi connectivity index (χ3n) is 4.68. The summed E-state index contributed by atoms with van der Waals surface area (Å²) in [5.41, 5.74) is -0.215. The second-order valence-corrected chi connectivity index (χ2v) is 6.88. The van der Waals surface area contributed by atoms with Crippen LogP contribution in [-0.4, -0.2) is 31.1 Å². The number of carbonyl (C=O) groups excluding carboxylic acids is 1. The summed E-state index contributed by atoms with van der Waals surface area (Å²) >= 11 is 6.06. The summed E-state index contributed by atoms with van der Waals surface area (Å²) in [7, 11) is 1.50. The number of hydrogen-bond acceptors (Lipinski definition) is 4. The fourth-order valence-corrected chi connectivity index (χ4v) is 3.47. The van der Waals surface area contributed by atoms with Crippen LogP contribution in [0, 0.1) is 5.92 Å². The van der Waals surface area contributed by atoms with E-state index in [0.29, 0.717) is 42.4 Å². The minimum atomic E-state index is -4.47. The van der Waals surface area contributed by atoms with Crippen LogP contribution in [0.5, 0.6) is 5.75 Å². The summed E-state index contributed by atoms with van der Waals surface area (Å²) in [6.45, 7) is 0.642. The number of halogens is 4. The maximum atomic E-state index is 13.2. The van der Waals surface area contributed by atoms with E-state index in [1.165, 1.54) is 19.4 Å². The Balaban J connectivity index is 1.63. The number of anilines is 2. The fourth-order valence-electron chi connectivity index (χ4n) is 3.21. The molecule has 1 saturated heterocycles. The number of aromatic nitrogens is 1. The van der Waals surface area contributed by atoms with Gasteiger partial charge in [-0.3, -0.25) is 4.79 Å². The second-order valence-electron chi connectivity index (χ2n) is 6.47. The highest BCUT2D eigenvalue weighted by Crippen LogP contribution is 2.36. The summed E-state index contributed by atoms with van der Waals surface area (Å²) in [4.78, 5) is 18.0. The lowest BCUT2D eigenvalue weighted by atomic mass is 9.95. The van der Waals surface area contributed by atoms with Crippen molar-refractivity contribution < 1.29 is 22.7 Å². The van der Waals surface area contributed by atoms with Crippen LogP contribution in [0.25, 0.3) is 0 Å². The maximum Gasteiger partial charge on any atom is 0.419 e. The Kier molecular flexibility index (Phi) is 5.98. The number of methoxy groups -OCH3 is 1. The van der Waals surface area contributed by atoms with Crippen LogP contribution in [0.15, 0.2) is 36.5 Å². The number of hydrogen-bond donors (Lipinski definition) is 1. The van der Waals surface area contributed by atoms with E-state index in [1.807, 2.05) is 0 Å². The average Bonchev–Trinajstić information content (AvgIpc) is 2.67. The highest BCUT2D eigenvalue weighted by molar-refractivity contribution is 6.32. The minimum Gasteiger partial charge on any atom is -0.495 e. The molecule has 0 saturated carbocycles. The zero-order valence-corrected chi connectivity index (χ0v) is 15.8. The average molecular weight is 414 g/mol. The Labute approximate surface area is 165 Å². The van der Waals surface area contributed by atoms with Gasteiger partial charge in [0, 0.05) is 30.9 Å². The molecule has 0 unspecified atom stereocenters. The summed E-state index contributed by atoms with van der Waals surface area (Å²) < 4.78 is 44.6. The van der Waals surface area contributed by atoms with Crippen LogP contribution in [0.4, 0.5) is 24.7 Å². The van der Waals surface area contributed by atoms with Crippen molar-refractivity contribution in [3.63, 3.8) is 0 Å². The van der Waals surface area contributed by atoms with E-state index in [4.69, 9.17) is 16.3 Å². The standard InChI is InChI=1S/C19H19ClF3N3O2/c1-28-16-5-4-13(11-15(16)20)25-18(27)12-6-9-26(10-7-12)17-14(19(21,22)23)3-2-8-24-17/h2-5,8,11-12H,6-7,9-10H2,1H3,(H,25,27). The molecule has 3 rings (SSSR count). The SMILES string of the molecule is COc1ccc(NC(=O)C2CCN(c3ncccc3C(F)(F)F)CC2)cc1Cl. The molecule has 0 radical (unpaired) electrons. The van der Waals surface area contributed by atoms with E-state index >= 15 is 0 Å². The zero-order chi connectivity index (χ0) is 20.3. The molecule has 1 fully saturated rings. The fraction of sp³-hybridized carbons (Fsp3) is 0.368. The molecule has 1 aliphatic rings. The van der Waals surface area contributed by atoms with Gasteiger partial charge in [0.05, 0.1) is 17.7 Å². The molecule has 1 aromatic carbocycles. The maximum absolute atomic E-state index is 13.2. The molecule has 0 aliphatic carbocycles. The summed E-state index contributed by atoms with van der Waals surface area (Å²) in [5.74, 6) is -0.0623. The lowest BCUT2D eigenvalue weighted by Crippen LogP contribution is -2.39. The van der Waals surface area contributed by atoms with E-state index in [1.54, 1.807) is 23.1 Å². The molecule has 150 valence electrons. The smallest absolute Gasteiger partial charge is 0.419 e. The summed E-state index contributed by atoms with van der Waals surface area (Å²) in [5, 5.41) is 3.18. The molecule has 1 N–H and O–H groups in total. The lowest BCUT2D eigenvalue weighted by molar-refractivity contribution is -0.137. The molecule has 2 aromatic rings. The van der Waals surface area contributed by atoms with Crippen LogP contribution in [0.3, 0.4) is 0 Å². The normalized spacial score (nSPS) is 15.4. The quantitative estimate of drug-likeness (QED) is 0.794. The van der Waals surface area contributed by atoms with Gasteiger partial charge in [0.1, 0.15) is 11.6 Å². The van der Waals surface area contributed by atoms with Gasteiger partial charge in [-0.05, 0) is 43.2 Å². The Morgan fingerprint density at radius 3 is 2.61 bits per heavy atom. The third-order valence-corrected chi connectivity index (χ3v) is 4.97. The number of carbonyl (C=O) groups is 1. The number of alkyl halides is 3. The van der Waals surface area contributed by atoms with Crippen molar-refractivity contribution in [1.82, 2.24) is 4.98 Å². The number of nitrogens with zero attached hydrogens (tertiary/aromatic N) is 2. The van der Waals surface area contributed by atoms with Crippen LogP contribution < -0.4 is 15.0 Å². The van der Waals surface area contributed by atoms with Crippen molar-refractivity contribution in [2.75, 3.05) is 30.4 Å².